The van der Waals surface area contributed by atoms with Gasteiger partial charge in [-0.3, -0.25) is 4.79 Å². The van der Waals surface area contributed by atoms with E-state index in [0.717, 1.165) is 55.2 Å². The van der Waals surface area contributed by atoms with Crippen LogP contribution >= 0.6 is 11.6 Å². The molecule has 0 saturated carbocycles. The van der Waals surface area contributed by atoms with Crippen molar-refractivity contribution in [1.29, 1.82) is 0 Å². The van der Waals surface area contributed by atoms with Crippen molar-refractivity contribution >= 4 is 45.4 Å². The standard InChI is InChI=1S/C27H24ClN3O3/c1-14(34-27(33)29-12-6-11-28)20-15-7-2-3-8-16(15)22-23-18(13-30-26(23)32)21-17-9-4-5-10-19(17)31-25(21)24(20)22/h2-5,7-10,14,20,31H,6,11-13H2,1H3,(H,29,33)(H,30,32)/t14-,20-/m0/s1. The van der Waals surface area contributed by atoms with Gasteiger partial charge >= 0.3 is 6.09 Å². The van der Waals surface area contributed by atoms with E-state index in [1.807, 2.05) is 31.2 Å². The summed E-state index contributed by atoms with van der Waals surface area (Å²) in [6, 6.07) is 16.3. The Labute approximate surface area is 201 Å². The van der Waals surface area contributed by atoms with E-state index in [-0.39, 0.29) is 11.8 Å². The van der Waals surface area contributed by atoms with Gasteiger partial charge in [-0.05, 0) is 41.7 Å². The van der Waals surface area contributed by atoms with E-state index in [9.17, 15) is 9.59 Å². The Kier molecular flexibility index (Phi) is 4.99. The minimum absolute atomic E-state index is 0.0544. The lowest BCUT2D eigenvalue weighted by Gasteiger charge is -2.23. The highest BCUT2D eigenvalue weighted by molar-refractivity contribution is 6.20. The van der Waals surface area contributed by atoms with Crippen LogP contribution in [0.4, 0.5) is 4.79 Å². The van der Waals surface area contributed by atoms with Crippen molar-refractivity contribution in [3.05, 3.63) is 70.8 Å². The highest BCUT2D eigenvalue weighted by atomic mass is 35.5. The largest absolute Gasteiger partial charge is 0.446 e. The number of alkyl carbamates (subject to hydrolysis) is 1. The smallest absolute Gasteiger partial charge is 0.407 e. The molecule has 6 rings (SSSR count). The predicted molar refractivity (Wildman–Crippen MR) is 134 cm³/mol. The molecule has 172 valence electrons. The second-order valence-corrected chi connectivity index (χ2v) is 9.27. The van der Waals surface area contributed by atoms with Crippen molar-refractivity contribution in [3.8, 4) is 11.1 Å². The molecule has 4 aromatic rings. The summed E-state index contributed by atoms with van der Waals surface area (Å²) in [4.78, 5) is 29.2. The molecular weight excluding hydrogens is 450 g/mol. The number of aromatic nitrogens is 1. The van der Waals surface area contributed by atoms with Crippen LogP contribution < -0.4 is 10.6 Å². The van der Waals surface area contributed by atoms with Gasteiger partial charge in [-0.25, -0.2) is 4.79 Å². The number of halogens is 1. The summed E-state index contributed by atoms with van der Waals surface area (Å²) in [5.41, 5.74) is 7.84. The van der Waals surface area contributed by atoms with Gasteiger partial charge in [0.25, 0.3) is 5.91 Å². The van der Waals surface area contributed by atoms with Crippen LogP contribution in [0.2, 0.25) is 0 Å². The molecule has 1 aromatic heterocycles. The molecule has 0 fully saturated rings. The molecule has 0 saturated heterocycles. The Morgan fingerprint density at radius 1 is 1.18 bits per heavy atom. The lowest BCUT2D eigenvalue weighted by molar-refractivity contribution is 0.0960. The second kappa shape index (κ2) is 8.06. The van der Waals surface area contributed by atoms with Crippen molar-refractivity contribution in [2.75, 3.05) is 12.4 Å². The third-order valence-corrected chi connectivity index (χ3v) is 7.24. The van der Waals surface area contributed by atoms with Crippen LogP contribution in [0.15, 0.2) is 48.5 Å². The molecule has 0 spiro atoms. The van der Waals surface area contributed by atoms with Crippen molar-refractivity contribution in [2.45, 2.75) is 31.9 Å². The molecule has 2 aliphatic rings. The molecular formula is C27H24ClN3O3. The van der Waals surface area contributed by atoms with Crippen molar-refractivity contribution < 1.29 is 14.3 Å². The first kappa shape index (κ1) is 21.1. The van der Waals surface area contributed by atoms with E-state index in [1.54, 1.807) is 0 Å². The zero-order chi connectivity index (χ0) is 23.4. The number of amides is 2. The highest BCUT2D eigenvalue weighted by Gasteiger charge is 2.41. The van der Waals surface area contributed by atoms with Crippen molar-refractivity contribution in [2.24, 2.45) is 0 Å². The minimum Gasteiger partial charge on any atom is -0.446 e. The van der Waals surface area contributed by atoms with Gasteiger partial charge in [-0.15, -0.1) is 11.6 Å². The van der Waals surface area contributed by atoms with E-state index >= 15 is 0 Å². The maximum Gasteiger partial charge on any atom is 0.407 e. The molecule has 34 heavy (non-hydrogen) atoms. The summed E-state index contributed by atoms with van der Waals surface area (Å²) in [5.74, 6) is 0.214. The average Bonchev–Trinajstić information content (AvgIpc) is 3.50. The zero-order valence-corrected chi connectivity index (χ0v) is 19.5. The van der Waals surface area contributed by atoms with E-state index < -0.39 is 12.2 Å². The quantitative estimate of drug-likeness (QED) is 0.267. The molecule has 3 N–H and O–H groups in total. The summed E-state index contributed by atoms with van der Waals surface area (Å²) in [6.45, 7) is 2.88. The average molecular weight is 474 g/mol. The van der Waals surface area contributed by atoms with Gasteiger partial charge in [-0.1, -0.05) is 42.5 Å². The van der Waals surface area contributed by atoms with Crippen LogP contribution in [-0.2, 0) is 11.3 Å². The fraction of sp³-hybridized carbons (Fsp3) is 0.259. The van der Waals surface area contributed by atoms with Crippen LogP contribution in [0, 0.1) is 0 Å². The van der Waals surface area contributed by atoms with Crippen LogP contribution in [0.1, 0.15) is 46.3 Å². The molecule has 7 heteroatoms. The monoisotopic (exact) mass is 473 g/mol. The van der Waals surface area contributed by atoms with Gasteiger partial charge in [0.2, 0.25) is 0 Å². The van der Waals surface area contributed by atoms with Gasteiger partial charge in [0.1, 0.15) is 6.10 Å². The molecule has 2 atom stereocenters. The topological polar surface area (TPSA) is 83.2 Å². The first-order valence-electron chi connectivity index (χ1n) is 11.6. The number of aromatic amines is 1. The maximum atomic E-state index is 13.1. The van der Waals surface area contributed by atoms with Gasteiger partial charge < -0.3 is 20.4 Å². The Bertz CT molecular complexity index is 1480. The van der Waals surface area contributed by atoms with E-state index in [0.29, 0.717) is 25.4 Å². The molecule has 2 amide bonds. The molecule has 0 unspecified atom stereocenters. The number of H-pyrrole nitrogens is 1. The van der Waals surface area contributed by atoms with Crippen molar-refractivity contribution in [1.82, 2.24) is 15.6 Å². The zero-order valence-electron chi connectivity index (χ0n) is 18.7. The number of ether oxygens (including phenoxy) is 1. The third kappa shape index (κ3) is 3.02. The number of hydrogen-bond donors (Lipinski definition) is 3. The second-order valence-electron chi connectivity index (χ2n) is 8.89. The lowest BCUT2D eigenvalue weighted by atomic mass is 9.87. The predicted octanol–water partition coefficient (Wildman–Crippen LogP) is 5.42. The normalized spacial score (nSPS) is 16.8. The summed E-state index contributed by atoms with van der Waals surface area (Å²) in [7, 11) is 0. The summed E-state index contributed by atoms with van der Waals surface area (Å²) < 4.78 is 5.86. The van der Waals surface area contributed by atoms with E-state index in [4.69, 9.17) is 16.3 Å². The summed E-state index contributed by atoms with van der Waals surface area (Å²) in [6.07, 6.45) is -0.234. The number of fused-ring (bicyclic) bond motifs is 10. The van der Waals surface area contributed by atoms with E-state index in [1.165, 1.54) is 0 Å². The van der Waals surface area contributed by atoms with Crippen LogP contribution in [0.3, 0.4) is 0 Å². The summed E-state index contributed by atoms with van der Waals surface area (Å²) in [5, 5.41) is 7.98. The number of hydrogen-bond acceptors (Lipinski definition) is 3. The van der Waals surface area contributed by atoms with Crippen LogP contribution in [0.25, 0.3) is 32.9 Å². The van der Waals surface area contributed by atoms with Gasteiger partial charge in [0.05, 0.1) is 11.1 Å². The van der Waals surface area contributed by atoms with Gasteiger partial charge in [0, 0.05) is 46.7 Å². The number of alkyl halides is 1. The van der Waals surface area contributed by atoms with Crippen LogP contribution in [0.5, 0.6) is 0 Å². The minimum atomic E-state index is -0.463. The fourth-order valence-corrected chi connectivity index (χ4v) is 5.78. The highest BCUT2D eigenvalue weighted by Crippen LogP contribution is 2.54. The number of carbonyl (C=O) groups is 2. The Balaban J connectivity index is 1.58. The molecule has 3 aromatic carbocycles. The van der Waals surface area contributed by atoms with Crippen LogP contribution in [-0.4, -0.2) is 35.5 Å². The summed E-state index contributed by atoms with van der Waals surface area (Å²) >= 11 is 5.73. The number of nitrogens with one attached hydrogen (secondary N) is 3. The SMILES string of the molecule is C[C@H](OC(=O)NCCCCl)[C@H]1c2ccccc2-c2c3c(c4c([nH]c5ccccc54)c21)CNC3=O. The molecule has 1 aliphatic carbocycles. The first-order valence-corrected chi connectivity index (χ1v) is 12.1. The fourth-order valence-electron chi connectivity index (χ4n) is 5.64. The third-order valence-electron chi connectivity index (χ3n) is 6.97. The Morgan fingerprint density at radius 3 is 2.82 bits per heavy atom. The molecule has 2 heterocycles. The molecule has 0 radical (unpaired) electrons. The number of rotatable bonds is 5. The van der Waals surface area contributed by atoms with Gasteiger partial charge in [-0.2, -0.15) is 0 Å². The molecule has 0 bridgehead atoms. The number of carbonyl (C=O) groups excluding carboxylic acids is 2. The number of para-hydroxylation sites is 1. The maximum absolute atomic E-state index is 13.1. The lowest BCUT2D eigenvalue weighted by Crippen LogP contribution is -2.31. The van der Waals surface area contributed by atoms with Crippen molar-refractivity contribution in [3.63, 3.8) is 0 Å². The first-order chi connectivity index (χ1) is 16.6. The number of benzene rings is 3. The Morgan fingerprint density at radius 2 is 1.97 bits per heavy atom. The van der Waals surface area contributed by atoms with Gasteiger partial charge in [0.15, 0.2) is 0 Å². The molecule has 6 nitrogen and oxygen atoms in total. The molecule has 1 aliphatic heterocycles. The van der Waals surface area contributed by atoms with E-state index in [2.05, 4.69) is 39.9 Å². The Hall–Kier alpha value is -3.51.